The summed E-state index contributed by atoms with van der Waals surface area (Å²) in [5.41, 5.74) is 2.12. The zero-order valence-corrected chi connectivity index (χ0v) is 29.3. The van der Waals surface area contributed by atoms with E-state index in [1.807, 2.05) is 11.8 Å². The van der Waals surface area contributed by atoms with Crippen LogP contribution in [0.5, 0.6) is 0 Å². The number of likely N-dealkylation sites (N-methyl/N-ethyl adjacent to an activating group) is 1. The summed E-state index contributed by atoms with van der Waals surface area (Å²) >= 11 is 0. The summed E-state index contributed by atoms with van der Waals surface area (Å²) in [5.74, 6) is 3.12. The normalized spacial score (nSPS) is 38.9. The van der Waals surface area contributed by atoms with E-state index in [4.69, 9.17) is 0 Å². The summed E-state index contributed by atoms with van der Waals surface area (Å²) in [6.45, 7) is 11.0. The average Bonchev–Trinajstić information content (AvgIpc) is 3.67. The van der Waals surface area contributed by atoms with E-state index >= 15 is 0 Å². The molecule has 6 aliphatic rings. The van der Waals surface area contributed by atoms with Gasteiger partial charge in [0.2, 0.25) is 23.4 Å². The molecule has 2 amide bonds. The monoisotopic (exact) mass is 649 g/mol. The maximum Gasteiger partial charge on any atom is 0.242 e. The van der Waals surface area contributed by atoms with Gasteiger partial charge in [0.1, 0.15) is 6.04 Å². The third-order valence-electron chi connectivity index (χ3n) is 14.3. The Morgan fingerprint density at radius 1 is 0.957 bits per heavy atom. The van der Waals surface area contributed by atoms with Crippen LogP contribution in [0.25, 0.3) is 0 Å². The van der Waals surface area contributed by atoms with E-state index in [0.29, 0.717) is 78.8 Å². The van der Waals surface area contributed by atoms with Gasteiger partial charge in [-0.15, -0.1) is 0 Å². The summed E-state index contributed by atoms with van der Waals surface area (Å²) in [6, 6.07) is -0.354. The standard InChI is InChI=1S/C39H59N3O5/c1-5-40-37(47)32-7-6-20-42(32)33-23-35(45)34(44)21-25(33)16-19-41-36(46)13-8-24(2)29-11-12-30-28-10-9-26-22-27(43)14-17-38(26,3)31(28)15-18-39(29,30)4/h21,23-24,26-32,43H,5-20,22H2,1-4H3,(H,40,47)(H,41,46)/t24-,26-,27-,28+,29-,30+,31+,32+,38+,39-/m1/s1. The van der Waals surface area contributed by atoms with Crippen molar-refractivity contribution in [3.63, 3.8) is 0 Å². The van der Waals surface area contributed by atoms with Crippen molar-refractivity contribution in [2.75, 3.05) is 19.6 Å². The first-order valence-corrected chi connectivity index (χ1v) is 19.0. The predicted octanol–water partition coefficient (Wildman–Crippen LogP) is 5.49. The average molecular weight is 650 g/mol. The molecule has 0 aromatic rings. The molecule has 5 fully saturated rings. The zero-order valence-electron chi connectivity index (χ0n) is 29.3. The Balaban J connectivity index is 1.00. The lowest BCUT2D eigenvalue weighted by Gasteiger charge is -2.61. The Morgan fingerprint density at radius 3 is 2.49 bits per heavy atom. The number of ketones is 2. The van der Waals surface area contributed by atoms with Gasteiger partial charge >= 0.3 is 0 Å². The van der Waals surface area contributed by atoms with Gasteiger partial charge < -0.3 is 20.6 Å². The molecule has 10 atom stereocenters. The Hall–Kier alpha value is -2.48. The van der Waals surface area contributed by atoms with E-state index < -0.39 is 11.6 Å². The molecule has 1 heterocycles. The lowest BCUT2D eigenvalue weighted by atomic mass is 9.44. The number of allylic oxidation sites excluding steroid dienone is 3. The molecule has 6 rings (SSSR count). The largest absolute Gasteiger partial charge is 0.393 e. The second-order valence-electron chi connectivity index (χ2n) is 16.6. The number of carbonyl (C=O) groups excluding carboxylic acids is 4. The highest BCUT2D eigenvalue weighted by Gasteiger charge is 2.60. The van der Waals surface area contributed by atoms with Crippen molar-refractivity contribution < 1.29 is 24.3 Å². The molecule has 3 N–H and O–H groups in total. The molecule has 47 heavy (non-hydrogen) atoms. The number of fused-ring (bicyclic) bond motifs is 5. The van der Waals surface area contributed by atoms with Gasteiger partial charge in [-0.3, -0.25) is 19.2 Å². The molecule has 0 unspecified atom stereocenters. The third kappa shape index (κ3) is 6.49. The topological polar surface area (TPSA) is 116 Å². The maximum atomic E-state index is 13.1. The van der Waals surface area contributed by atoms with Crippen molar-refractivity contribution in [3.05, 3.63) is 23.4 Å². The molecule has 5 aliphatic carbocycles. The molecule has 0 spiro atoms. The molecule has 4 saturated carbocycles. The van der Waals surface area contributed by atoms with Crippen LogP contribution in [0.2, 0.25) is 0 Å². The Kier molecular flexibility index (Phi) is 10.1. The number of nitrogens with one attached hydrogen (secondary N) is 2. The van der Waals surface area contributed by atoms with Crippen molar-refractivity contribution in [2.24, 2.45) is 46.3 Å². The van der Waals surface area contributed by atoms with Gasteiger partial charge in [0, 0.05) is 37.8 Å². The van der Waals surface area contributed by atoms with Crippen molar-refractivity contribution >= 4 is 23.4 Å². The number of aliphatic hydroxyl groups excluding tert-OH is 1. The molecule has 0 radical (unpaired) electrons. The fourth-order valence-corrected chi connectivity index (χ4v) is 11.9. The first kappa shape index (κ1) is 34.4. The first-order chi connectivity index (χ1) is 22.5. The number of nitrogens with zero attached hydrogens (tertiary/aromatic N) is 1. The van der Waals surface area contributed by atoms with Crippen LogP contribution in [0.3, 0.4) is 0 Å². The number of amides is 2. The van der Waals surface area contributed by atoms with Crippen molar-refractivity contribution in [1.29, 1.82) is 0 Å². The highest BCUT2D eigenvalue weighted by Crippen LogP contribution is 2.68. The fraction of sp³-hybridized carbons (Fsp3) is 0.795. The van der Waals surface area contributed by atoms with Crippen LogP contribution >= 0.6 is 0 Å². The first-order valence-electron chi connectivity index (χ1n) is 19.0. The molecule has 260 valence electrons. The van der Waals surface area contributed by atoms with Gasteiger partial charge in [-0.1, -0.05) is 20.8 Å². The second-order valence-corrected chi connectivity index (χ2v) is 16.6. The van der Waals surface area contributed by atoms with E-state index in [1.165, 1.54) is 57.1 Å². The Bertz CT molecular complexity index is 1310. The molecule has 1 saturated heterocycles. The number of aliphatic hydroxyl groups is 1. The van der Waals surface area contributed by atoms with Crippen LogP contribution in [0.15, 0.2) is 23.4 Å². The Morgan fingerprint density at radius 2 is 1.70 bits per heavy atom. The van der Waals surface area contributed by atoms with E-state index in [1.54, 1.807) is 0 Å². The van der Waals surface area contributed by atoms with Crippen LogP contribution in [0.1, 0.15) is 118 Å². The molecule has 1 aliphatic heterocycles. The van der Waals surface area contributed by atoms with Gasteiger partial charge in [0.05, 0.1) is 6.10 Å². The van der Waals surface area contributed by atoms with Crippen LogP contribution in [-0.2, 0) is 19.2 Å². The summed E-state index contributed by atoms with van der Waals surface area (Å²) in [5, 5.41) is 16.4. The van der Waals surface area contributed by atoms with E-state index in [2.05, 4.69) is 31.4 Å². The van der Waals surface area contributed by atoms with Crippen molar-refractivity contribution in [3.8, 4) is 0 Å². The van der Waals surface area contributed by atoms with Gasteiger partial charge in [0.25, 0.3) is 0 Å². The Labute approximate surface area is 281 Å². The summed E-state index contributed by atoms with van der Waals surface area (Å²) < 4.78 is 0. The quantitative estimate of drug-likeness (QED) is 0.213. The molecule has 8 nitrogen and oxygen atoms in total. The lowest BCUT2D eigenvalue weighted by molar-refractivity contribution is -0.131. The van der Waals surface area contributed by atoms with Gasteiger partial charge in [-0.05, 0) is 148 Å². The molecule has 8 heteroatoms. The van der Waals surface area contributed by atoms with Crippen molar-refractivity contribution in [2.45, 2.75) is 130 Å². The number of carbonyl (C=O) groups is 4. The van der Waals surface area contributed by atoms with Gasteiger partial charge in [0.15, 0.2) is 0 Å². The second kappa shape index (κ2) is 13.8. The lowest BCUT2D eigenvalue weighted by Crippen LogP contribution is -2.54. The third-order valence-corrected chi connectivity index (χ3v) is 14.3. The van der Waals surface area contributed by atoms with Gasteiger partial charge in [-0.25, -0.2) is 0 Å². The van der Waals surface area contributed by atoms with Crippen LogP contribution in [-0.4, -0.2) is 65.2 Å². The summed E-state index contributed by atoms with van der Waals surface area (Å²) in [7, 11) is 0. The van der Waals surface area contributed by atoms with Gasteiger partial charge in [-0.2, -0.15) is 0 Å². The SMILES string of the molecule is CCNC(=O)[C@@H]1CCCN1C1=CC(=O)C(=O)C=C1CCNC(=O)CC[C@@H](C)[C@H]1CC[C@H]2[C@@H]3CC[C@@H]4C[C@H](O)CC[C@]4(C)[C@H]3CC[C@]12C. The maximum absolute atomic E-state index is 13.1. The van der Waals surface area contributed by atoms with E-state index in [-0.39, 0.29) is 24.0 Å². The predicted molar refractivity (Wildman–Crippen MR) is 182 cm³/mol. The molecule has 0 aromatic carbocycles. The van der Waals surface area contributed by atoms with Crippen LogP contribution in [0.4, 0.5) is 0 Å². The molecular weight excluding hydrogens is 590 g/mol. The fourth-order valence-electron chi connectivity index (χ4n) is 11.9. The number of hydrogen-bond donors (Lipinski definition) is 3. The molecular formula is C39H59N3O5. The smallest absolute Gasteiger partial charge is 0.242 e. The van der Waals surface area contributed by atoms with E-state index in [9.17, 15) is 24.3 Å². The zero-order chi connectivity index (χ0) is 33.5. The van der Waals surface area contributed by atoms with Crippen LogP contribution < -0.4 is 10.6 Å². The summed E-state index contributed by atoms with van der Waals surface area (Å²) in [4.78, 5) is 52.4. The highest BCUT2D eigenvalue weighted by atomic mass is 16.3. The van der Waals surface area contributed by atoms with Crippen molar-refractivity contribution in [1.82, 2.24) is 15.5 Å². The number of hydrogen-bond acceptors (Lipinski definition) is 6. The number of rotatable bonds is 10. The number of likely N-dealkylation sites (tertiary alicyclic amines) is 1. The highest BCUT2D eigenvalue weighted by molar-refractivity contribution is 6.46. The minimum absolute atomic E-state index is 0.0386. The minimum atomic E-state index is -0.560. The minimum Gasteiger partial charge on any atom is -0.393 e. The van der Waals surface area contributed by atoms with Crippen LogP contribution in [0, 0.1) is 46.3 Å². The van der Waals surface area contributed by atoms with E-state index in [0.717, 1.165) is 43.4 Å². The molecule has 0 bridgehead atoms. The molecule has 0 aromatic heterocycles. The summed E-state index contributed by atoms with van der Waals surface area (Å²) in [6.07, 6.45) is 17.1.